The van der Waals surface area contributed by atoms with Gasteiger partial charge in [0.1, 0.15) is 17.6 Å². The molecule has 0 bridgehead atoms. The van der Waals surface area contributed by atoms with E-state index in [0.29, 0.717) is 18.9 Å². The fourth-order valence-electron chi connectivity index (χ4n) is 2.51. The van der Waals surface area contributed by atoms with Crippen LogP contribution in [0.5, 0.6) is 5.75 Å². The maximum absolute atomic E-state index is 12.4. The highest BCUT2D eigenvalue weighted by Gasteiger charge is 2.24. The molecule has 2 N–H and O–H groups in total. The number of amides is 2. The monoisotopic (exact) mass is 358 g/mol. The Labute approximate surface area is 153 Å². The van der Waals surface area contributed by atoms with Gasteiger partial charge in [-0.15, -0.1) is 0 Å². The van der Waals surface area contributed by atoms with E-state index in [1.165, 1.54) is 0 Å². The van der Waals surface area contributed by atoms with Crippen molar-refractivity contribution in [1.29, 1.82) is 0 Å². The van der Waals surface area contributed by atoms with Gasteiger partial charge in [-0.2, -0.15) is 0 Å². The number of nitrogens with one attached hydrogen (secondary N) is 2. The molecule has 6 heteroatoms. The first-order valence-electron chi connectivity index (χ1n) is 8.80. The summed E-state index contributed by atoms with van der Waals surface area (Å²) >= 11 is 0. The van der Waals surface area contributed by atoms with Crippen molar-refractivity contribution in [3.63, 3.8) is 0 Å². The molecule has 1 atom stereocenters. The lowest BCUT2D eigenvalue weighted by atomic mass is 10.0. The Morgan fingerprint density at radius 2 is 1.88 bits per heavy atom. The molecule has 26 heavy (non-hydrogen) atoms. The quantitative estimate of drug-likeness (QED) is 0.722. The number of ether oxygens (including phenoxy) is 1. The third-order valence-corrected chi connectivity index (χ3v) is 3.88. The van der Waals surface area contributed by atoms with Crippen molar-refractivity contribution in [2.24, 2.45) is 5.92 Å². The van der Waals surface area contributed by atoms with Crippen LogP contribution < -0.4 is 15.4 Å². The van der Waals surface area contributed by atoms with Gasteiger partial charge < -0.3 is 19.8 Å². The van der Waals surface area contributed by atoms with Crippen LogP contribution >= 0.6 is 0 Å². The Kier molecular flexibility index (Phi) is 7.26. The van der Waals surface area contributed by atoms with Gasteiger partial charge in [0.15, 0.2) is 0 Å². The molecule has 0 aliphatic carbocycles. The smallest absolute Gasteiger partial charge is 0.243 e. The van der Waals surface area contributed by atoms with Crippen LogP contribution in [0.3, 0.4) is 0 Å². The van der Waals surface area contributed by atoms with E-state index >= 15 is 0 Å². The van der Waals surface area contributed by atoms with E-state index in [4.69, 9.17) is 9.15 Å². The van der Waals surface area contributed by atoms with Crippen LogP contribution in [0.1, 0.15) is 32.1 Å². The van der Waals surface area contributed by atoms with E-state index in [-0.39, 0.29) is 24.2 Å². The molecule has 1 aromatic carbocycles. The van der Waals surface area contributed by atoms with Crippen molar-refractivity contribution in [2.45, 2.75) is 39.8 Å². The average molecular weight is 358 g/mol. The largest absolute Gasteiger partial charge is 0.494 e. The van der Waals surface area contributed by atoms with Gasteiger partial charge in [-0.3, -0.25) is 9.59 Å². The zero-order chi connectivity index (χ0) is 18.9. The summed E-state index contributed by atoms with van der Waals surface area (Å²) in [6, 6.07) is 10.3. The van der Waals surface area contributed by atoms with E-state index in [2.05, 4.69) is 10.6 Å². The van der Waals surface area contributed by atoms with Crippen LogP contribution in [0, 0.1) is 5.92 Å². The summed E-state index contributed by atoms with van der Waals surface area (Å²) in [6.07, 6.45) is 1.76. The van der Waals surface area contributed by atoms with Gasteiger partial charge in [-0.25, -0.2) is 0 Å². The van der Waals surface area contributed by atoms with Crippen LogP contribution in [0.2, 0.25) is 0 Å². The van der Waals surface area contributed by atoms with Gasteiger partial charge in [0.05, 0.1) is 25.8 Å². The third-order valence-electron chi connectivity index (χ3n) is 3.88. The maximum atomic E-state index is 12.4. The summed E-state index contributed by atoms with van der Waals surface area (Å²) in [5, 5.41) is 5.62. The third kappa shape index (κ3) is 5.95. The summed E-state index contributed by atoms with van der Waals surface area (Å²) in [5.74, 6) is 0.990. The molecule has 1 aromatic heterocycles. The van der Waals surface area contributed by atoms with Crippen molar-refractivity contribution in [2.75, 3.05) is 6.61 Å². The Morgan fingerprint density at radius 1 is 1.15 bits per heavy atom. The van der Waals surface area contributed by atoms with E-state index in [9.17, 15) is 9.59 Å². The number of carbonyl (C=O) groups is 2. The van der Waals surface area contributed by atoms with Crippen LogP contribution in [0.4, 0.5) is 0 Å². The summed E-state index contributed by atoms with van der Waals surface area (Å²) in [5.41, 5.74) is 0.865. The van der Waals surface area contributed by atoms with Crippen molar-refractivity contribution >= 4 is 11.8 Å². The first kappa shape index (κ1) is 19.6. The summed E-state index contributed by atoms with van der Waals surface area (Å²) in [7, 11) is 0. The lowest BCUT2D eigenvalue weighted by Gasteiger charge is -2.21. The van der Waals surface area contributed by atoms with E-state index < -0.39 is 6.04 Å². The molecule has 0 radical (unpaired) electrons. The van der Waals surface area contributed by atoms with Crippen molar-refractivity contribution in [3.05, 3.63) is 54.0 Å². The standard InChI is InChI=1S/C20H26N2O4/c1-4-25-16-9-7-15(8-10-16)12-18(23)22-19(14(2)3)20(24)21-13-17-6-5-11-26-17/h5-11,14,19H,4,12-13H2,1-3H3,(H,21,24)(H,22,23)/t19-/m0/s1. The summed E-state index contributed by atoms with van der Waals surface area (Å²) < 4.78 is 10.6. The Balaban J connectivity index is 1.89. The molecular weight excluding hydrogens is 332 g/mol. The fraction of sp³-hybridized carbons (Fsp3) is 0.400. The molecule has 0 unspecified atom stereocenters. The maximum Gasteiger partial charge on any atom is 0.243 e. The van der Waals surface area contributed by atoms with E-state index in [1.807, 2.05) is 45.0 Å². The minimum absolute atomic E-state index is 0.0316. The predicted molar refractivity (Wildman–Crippen MR) is 98.6 cm³/mol. The highest BCUT2D eigenvalue weighted by atomic mass is 16.5. The molecule has 0 saturated heterocycles. The van der Waals surface area contributed by atoms with Crippen molar-refractivity contribution < 1.29 is 18.7 Å². The molecule has 1 heterocycles. The molecule has 2 amide bonds. The Bertz CT molecular complexity index is 693. The highest BCUT2D eigenvalue weighted by Crippen LogP contribution is 2.13. The minimum atomic E-state index is -0.597. The molecule has 0 saturated carbocycles. The molecule has 0 aliphatic rings. The van der Waals surface area contributed by atoms with Crippen LogP contribution in [0.15, 0.2) is 47.1 Å². The SMILES string of the molecule is CCOc1ccc(CC(=O)N[C@H](C(=O)NCc2ccco2)C(C)C)cc1. The lowest BCUT2D eigenvalue weighted by molar-refractivity contribution is -0.129. The molecule has 140 valence electrons. The molecule has 0 aliphatic heterocycles. The molecule has 2 rings (SSSR count). The zero-order valence-corrected chi connectivity index (χ0v) is 15.5. The number of furan rings is 1. The number of rotatable bonds is 9. The van der Waals surface area contributed by atoms with Gasteiger partial charge in [0, 0.05) is 0 Å². The molecule has 2 aromatic rings. The molecule has 0 fully saturated rings. The van der Waals surface area contributed by atoms with Gasteiger partial charge in [0.2, 0.25) is 11.8 Å². The molecule has 0 spiro atoms. The van der Waals surface area contributed by atoms with Crippen molar-refractivity contribution in [1.82, 2.24) is 10.6 Å². The Morgan fingerprint density at radius 3 is 2.46 bits per heavy atom. The van der Waals surface area contributed by atoms with Gasteiger partial charge in [0.25, 0.3) is 0 Å². The summed E-state index contributed by atoms with van der Waals surface area (Å²) in [6.45, 7) is 6.61. The first-order chi connectivity index (χ1) is 12.5. The van der Waals surface area contributed by atoms with E-state index in [1.54, 1.807) is 18.4 Å². The second-order valence-corrected chi connectivity index (χ2v) is 6.34. The van der Waals surface area contributed by atoms with E-state index in [0.717, 1.165) is 11.3 Å². The van der Waals surface area contributed by atoms with Crippen molar-refractivity contribution in [3.8, 4) is 5.75 Å². The number of benzene rings is 1. The van der Waals surface area contributed by atoms with Gasteiger partial charge in [-0.05, 0) is 42.7 Å². The molecular formula is C20H26N2O4. The normalized spacial score (nSPS) is 11.8. The van der Waals surface area contributed by atoms with Crippen LogP contribution in [-0.2, 0) is 22.6 Å². The lowest BCUT2D eigenvalue weighted by Crippen LogP contribution is -2.49. The fourth-order valence-corrected chi connectivity index (χ4v) is 2.51. The van der Waals surface area contributed by atoms with Crippen LogP contribution in [-0.4, -0.2) is 24.5 Å². The predicted octanol–water partition coefficient (Wildman–Crippen LogP) is 2.68. The second-order valence-electron chi connectivity index (χ2n) is 6.34. The number of carbonyl (C=O) groups excluding carboxylic acids is 2. The Hall–Kier alpha value is -2.76. The van der Waals surface area contributed by atoms with Gasteiger partial charge >= 0.3 is 0 Å². The summed E-state index contributed by atoms with van der Waals surface area (Å²) in [4.78, 5) is 24.7. The highest BCUT2D eigenvalue weighted by molar-refractivity contribution is 5.88. The first-order valence-corrected chi connectivity index (χ1v) is 8.80. The topological polar surface area (TPSA) is 80.6 Å². The number of hydrogen-bond donors (Lipinski definition) is 2. The van der Waals surface area contributed by atoms with Crippen LogP contribution in [0.25, 0.3) is 0 Å². The zero-order valence-electron chi connectivity index (χ0n) is 15.5. The second kappa shape index (κ2) is 9.65. The number of hydrogen-bond acceptors (Lipinski definition) is 4. The van der Waals surface area contributed by atoms with Gasteiger partial charge in [-0.1, -0.05) is 26.0 Å². The molecule has 6 nitrogen and oxygen atoms in total. The average Bonchev–Trinajstić information content (AvgIpc) is 3.13. The minimum Gasteiger partial charge on any atom is -0.494 e.